The van der Waals surface area contributed by atoms with Crippen molar-refractivity contribution >= 4 is 0 Å². The fourth-order valence-electron chi connectivity index (χ4n) is 1.90. The maximum absolute atomic E-state index is 5.80. The average molecular weight is 267 g/mol. The molecule has 3 nitrogen and oxygen atoms in total. The Morgan fingerprint density at radius 2 is 2.00 bits per heavy atom. The van der Waals surface area contributed by atoms with Gasteiger partial charge in [0.05, 0.1) is 6.54 Å². The van der Waals surface area contributed by atoms with Crippen LogP contribution in [0.1, 0.15) is 57.6 Å². The van der Waals surface area contributed by atoms with Gasteiger partial charge in [-0.05, 0) is 37.3 Å². The number of hydrogen-bond acceptors (Lipinski definition) is 3. The van der Waals surface area contributed by atoms with E-state index in [4.69, 9.17) is 9.15 Å². The zero-order valence-corrected chi connectivity index (χ0v) is 13.1. The summed E-state index contributed by atoms with van der Waals surface area (Å²) in [6, 6.07) is 2.56. The summed E-state index contributed by atoms with van der Waals surface area (Å²) in [5.74, 6) is 2.71. The maximum atomic E-state index is 5.80. The molecule has 0 aromatic carbocycles. The number of ether oxygens (including phenoxy) is 1. The Bertz CT molecular complexity index is 356. The first-order valence-electron chi connectivity index (χ1n) is 7.38. The maximum Gasteiger partial charge on any atom is 0.130 e. The molecule has 19 heavy (non-hydrogen) atoms. The van der Waals surface area contributed by atoms with Crippen LogP contribution < -0.4 is 5.32 Å². The van der Waals surface area contributed by atoms with Gasteiger partial charge in [0.25, 0.3) is 0 Å². The Kier molecular flexibility index (Phi) is 7.17. The molecule has 1 N–H and O–H groups in total. The quantitative estimate of drug-likeness (QED) is 0.686. The minimum absolute atomic E-state index is 0.472. The van der Waals surface area contributed by atoms with Crippen LogP contribution in [0.2, 0.25) is 0 Å². The lowest BCUT2D eigenvalue weighted by molar-refractivity contribution is 0.0997. The van der Waals surface area contributed by atoms with Crippen LogP contribution in [0, 0.1) is 12.8 Å². The van der Waals surface area contributed by atoms with Crippen LogP contribution in [0.3, 0.4) is 0 Å². The second-order valence-electron chi connectivity index (χ2n) is 5.94. The number of aryl methyl sites for hydroxylation is 1. The van der Waals surface area contributed by atoms with Crippen LogP contribution in [-0.2, 0) is 17.9 Å². The molecule has 0 aliphatic rings. The van der Waals surface area contributed by atoms with Crippen LogP contribution in [-0.4, -0.2) is 12.6 Å². The SMILES string of the molecule is Cc1cc(COCCCC(C)C)oc1CNC(C)C. The smallest absolute Gasteiger partial charge is 0.130 e. The standard InChI is InChI=1S/C16H29NO2/c1-12(2)7-6-8-18-11-15-9-14(5)16(19-15)10-17-13(3)4/h9,12-13,17H,6-8,10-11H2,1-5H3. The number of hydrogen-bond donors (Lipinski definition) is 1. The molecule has 0 saturated heterocycles. The normalized spacial score (nSPS) is 11.7. The summed E-state index contributed by atoms with van der Waals surface area (Å²) in [6.45, 7) is 13.0. The van der Waals surface area contributed by atoms with Gasteiger partial charge in [0.15, 0.2) is 0 Å². The van der Waals surface area contributed by atoms with E-state index in [0.717, 1.165) is 37.0 Å². The third-order valence-corrected chi connectivity index (χ3v) is 3.06. The molecule has 1 aromatic heterocycles. The topological polar surface area (TPSA) is 34.4 Å². The van der Waals surface area contributed by atoms with Crippen molar-refractivity contribution < 1.29 is 9.15 Å². The summed E-state index contributed by atoms with van der Waals surface area (Å²) in [7, 11) is 0. The molecule has 1 rings (SSSR count). The molecule has 0 aliphatic heterocycles. The summed E-state index contributed by atoms with van der Waals surface area (Å²) < 4.78 is 11.5. The van der Waals surface area contributed by atoms with Gasteiger partial charge in [-0.3, -0.25) is 0 Å². The van der Waals surface area contributed by atoms with Crippen LogP contribution in [0.25, 0.3) is 0 Å². The first kappa shape index (κ1) is 16.3. The van der Waals surface area contributed by atoms with E-state index in [0.29, 0.717) is 12.6 Å². The second kappa shape index (κ2) is 8.39. The lowest BCUT2D eigenvalue weighted by atomic mass is 10.1. The van der Waals surface area contributed by atoms with Gasteiger partial charge in [-0.1, -0.05) is 27.7 Å². The largest absolute Gasteiger partial charge is 0.462 e. The van der Waals surface area contributed by atoms with Crippen molar-refractivity contribution in [3.63, 3.8) is 0 Å². The highest BCUT2D eigenvalue weighted by atomic mass is 16.5. The summed E-state index contributed by atoms with van der Waals surface area (Å²) in [6.07, 6.45) is 2.35. The van der Waals surface area contributed by atoms with Crippen molar-refractivity contribution in [3.8, 4) is 0 Å². The van der Waals surface area contributed by atoms with E-state index in [2.05, 4.69) is 46.0 Å². The molecule has 0 amide bonds. The number of nitrogens with one attached hydrogen (secondary N) is 1. The molecule has 1 heterocycles. The van der Waals surface area contributed by atoms with Gasteiger partial charge in [0, 0.05) is 12.6 Å². The van der Waals surface area contributed by atoms with Crippen molar-refractivity contribution in [1.29, 1.82) is 0 Å². The Hall–Kier alpha value is -0.800. The lowest BCUT2D eigenvalue weighted by Crippen LogP contribution is -2.21. The van der Waals surface area contributed by atoms with Crippen LogP contribution in [0.15, 0.2) is 10.5 Å². The fraction of sp³-hybridized carbons (Fsp3) is 0.750. The first-order chi connectivity index (χ1) is 8.99. The molecule has 0 atom stereocenters. The van der Waals surface area contributed by atoms with Gasteiger partial charge in [0.1, 0.15) is 18.1 Å². The van der Waals surface area contributed by atoms with Gasteiger partial charge >= 0.3 is 0 Å². The molecule has 0 saturated carbocycles. The van der Waals surface area contributed by atoms with Crippen molar-refractivity contribution in [2.45, 2.75) is 66.7 Å². The van der Waals surface area contributed by atoms with Gasteiger partial charge in [0.2, 0.25) is 0 Å². The predicted molar refractivity (Wildman–Crippen MR) is 79.1 cm³/mol. The van der Waals surface area contributed by atoms with E-state index in [1.54, 1.807) is 0 Å². The molecular weight excluding hydrogens is 238 g/mol. The highest BCUT2D eigenvalue weighted by Crippen LogP contribution is 2.16. The van der Waals surface area contributed by atoms with E-state index in [1.165, 1.54) is 12.0 Å². The highest BCUT2D eigenvalue weighted by Gasteiger charge is 2.08. The van der Waals surface area contributed by atoms with Crippen LogP contribution in [0.5, 0.6) is 0 Å². The van der Waals surface area contributed by atoms with E-state index in [-0.39, 0.29) is 0 Å². The number of rotatable bonds is 9. The van der Waals surface area contributed by atoms with Crippen molar-refractivity contribution in [2.75, 3.05) is 6.61 Å². The second-order valence-corrected chi connectivity index (χ2v) is 5.94. The molecule has 0 spiro atoms. The van der Waals surface area contributed by atoms with Gasteiger partial charge in [-0.2, -0.15) is 0 Å². The van der Waals surface area contributed by atoms with Gasteiger partial charge in [-0.25, -0.2) is 0 Å². The minimum Gasteiger partial charge on any atom is -0.462 e. The highest BCUT2D eigenvalue weighted by molar-refractivity contribution is 5.19. The molecule has 0 unspecified atom stereocenters. The third-order valence-electron chi connectivity index (χ3n) is 3.06. The zero-order valence-electron chi connectivity index (χ0n) is 13.1. The van der Waals surface area contributed by atoms with Crippen LogP contribution >= 0.6 is 0 Å². The van der Waals surface area contributed by atoms with E-state index in [9.17, 15) is 0 Å². The molecule has 0 bridgehead atoms. The fourth-order valence-corrected chi connectivity index (χ4v) is 1.90. The third kappa shape index (κ3) is 6.79. The molecule has 0 radical (unpaired) electrons. The average Bonchev–Trinajstić information content (AvgIpc) is 2.66. The van der Waals surface area contributed by atoms with Gasteiger partial charge < -0.3 is 14.5 Å². The first-order valence-corrected chi connectivity index (χ1v) is 7.38. The monoisotopic (exact) mass is 267 g/mol. The summed E-state index contributed by atoms with van der Waals surface area (Å²) in [5.41, 5.74) is 1.20. The Morgan fingerprint density at radius 1 is 1.26 bits per heavy atom. The van der Waals surface area contributed by atoms with E-state index in [1.807, 2.05) is 0 Å². The Balaban J connectivity index is 2.29. The molecule has 0 aliphatic carbocycles. The molecule has 1 aromatic rings. The van der Waals surface area contributed by atoms with Crippen molar-refractivity contribution in [2.24, 2.45) is 5.92 Å². The minimum atomic E-state index is 0.472. The zero-order chi connectivity index (χ0) is 14.3. The van der Waals surface area contributed by atoms with Crippen LogP contribution in [0.4, 0.5) is 0 Å². The predicted octanol–water partition coefficient (Wildman–Crippen LogP) is 4.04. The summed E-state index contributed by atoms with van der Waals surface area (Å²) in [4.78, 5) is 0. The molecule has 0 fully saturated rings. The van der Waals surface area contributed by atoms with Crippen molar-refractivity contribution in [1.82, 2.24) is 5.32 Å². The van der Waals surface area contributed by atoms with Gasteiger partial charge in [-0.15, -0.1) is 0 Å². The van der Waals surface area contributed by atoms with E-state index < -0.39 is 0 Å². The van der Waals surface area contributed by atoms with E-state index >= 15 is 0 Å². The summed E-state index contributed by atoms with van der Waals surface area (Å²) >= 11 is 0. The Labute approximate surface area is 117 Å². The lowest BCUT2D eigenvalue weighted by Gasteiger charge is -2.06. The molecular formula is C16H29NO2. The Morgan fingerprint density at radius 3 is 2.63 bits per heavy atom. The van der Waals surface area contributed by atoms with Crippen molar-refractivity contribution in [3.05, 3.63) is 23.2 Å². The molecule has 110 valence electrons. The number of furan rings is 1. The molecule has 3 heteroatoms. The summed E-state index contributed by atoms with van der Waals surface area (Å²) in [5, 5.41) is 3.37.